The Balaban J connectivity index is 2.82. The predicted molar refractivity (Wildman–Crippen MR) is 31.2 cm³/mol. The smallest absolute Gasteiger partial charge is 0.0751 e. The fourth-order valence-corrected chi connectivity index (χ4v) is 0.289. The van der Waals surface area contributed by atoms with Crippen molar-refractivity contribution in [3.05, 3.63) is 25.0 Å². The molecular formula is C6H10O. The molecule has 0 saturated heterocycles. The van der Waals surface area contributed by atoms with Crippen LogP contribution in [0.1, 0.15) is 12.8 Å². The average molecular weight is 98.1 g/mol. The number of allylic oxidation sites excluding steroid dienone is 2. The van der Waals surface area contributed by atoms with Gasteiger partial charge in [0.15, 0.2) is 0 Å². The van der Waals surface area contributed by atoms with Crippen LogP contribution in [0.2, 0.25) is 0 Å². The Kier molecular flexibility index (Phi) is 4.74. The first-order valence-electron chi connectivity index (χ1n) is 2.32. The van der Waals surface area contributed by atoms with Gasteiger partial charge in [-0.25, -0.2) is 0 Å². The molecule has 0 aliphatic heterocycles. The van der Waals surface area contributed by atoms with E-state index in [1.807, 2.05) is 6.08 Å². The molecule has 1 nitrogen and oxygen atoms in total. The van der Waals surface area contributed by atoms with E-state index in [2.05, 4.69) is 6.58 Å². The molecule has 0 fully saturated rings. The first-order valence-corrected chi connectivity index (χ1v) is 2.32. The number of hydrogen-bond donors (Lipinski definition) is 1. The number of rotatable bonds is 3. The second-order valence-corrected chi connectivity index (χ2v) is 1.25. The molecule has 1 heteroatoms. The molecule has 0 saturated carbocycles. The summed E-state index contributed by atoms with van der Waals surface area (Å²) in [7, 11) is 0. The maximum Gasteiger partial charge on any atom is 0.0751 e. The fraction of sp³-hybridized carbons (Fsp3) is 0.333. The molecule has 0 heterocycles. The van der Waals surface area contributed by atoms with Crippen molar-refractivity contribution in [2.45, 2.75) is 12.8 Å². The van der Waals surface area contributed by atoms with Gasteiger partial charge in [0.25, 0.3) is 0 Å². The van der Waals surface area contributed by atoms with E-state index in [0.29, 0.717) is 0 Å². The maximum atomic E-state index is 8.08. The van der Waals surface area contributed by atoms with Crippen molar-refractivity contribution >= 4 is 0 Å². The van der Waals surface area contributed by atoms with E-state index in [1.54, 1.807) is 6.08 Å². The zero-order chi connectivity index (χ0) is 5.54. The van der Waals surface area contributed by atoms with Crippen LogP contribution in [-0.2, 0) is 0 Å². The minimum atomic E-state index is 0.889. The summed E-state index contributed by atoms with van der Waals surface area (Å²) in [5.41, 5.74) is 0. The van der Waals surface area contributed by atoms with Crippen molar-refractivity contribution in [2.24, 2.45) is 0 Å². The van der Waals surface area contributed by atoms with Gasteiger partial charge in [-0.1, -0.05) is 6.08 Å². The molecule has 0 atom stereocenters. The van der Waals surface area contributed by atoms with Gasteiger partial charge < -0.3 is 5.11 Å². The van der Waals surface area contributed by atoms with Gasteiger partial charge in [0.1, 0.15) is 0 Å². The summed E-state index contributed by atoms with van der Waals surface area (Å²) in [6, 6.07) is 0. The molecule has 0 rings (SSSR count). The Hall–Kier alpha value is -0.720. The molecule has 0 radical (unpaired) electrons. The van der Waals surface area contributed by atoms with Crippen LogP contribution in [-0.4, -0.2) is 5.11 Å². The van der Waals surface area contributed by atoms with Gasteiger partial charge in [0.05, 0.1) is 6.26 Å². The highest BCUT2D eigenvalue weighted by atomic mass is 16.2. The Morgan fingerprint density at radius 3 is 2.57 bits per heavy atom. The van der Waals surface area contributed by atoms with E-state index in [9.17, 15) is 0 Å². The molecule has 0 aliphatic carbocycles. The van der Waals surface area contributed by atoms with E-state index < -0.39 is 0 Å². The highest BCUT2D eigenvalue weighted by Gasteiger charge is 1.69. The van der Waals surface area contributed by atoms with Crippen LogP contribution in [0.15, 0.2) is 25.0 Å². The standard InChI is InChI=1S/C6H10O/c1-2-3-4-5-6-7/h2,5-7H,1,3-4H2/b6-5+. The van der Waals surface area contributed by atoms with Crippen molar-refractivity contribution in [1.82, 2.24) is 0 Å². The number of aliphatic hydroxyl groups is 1. The van der Waals surface area contributed by atoms with Crippen molar-refractivity contribution < 1.29 is 5.11 Å². The lowest BCUT2D eigenvalue weighted by molar-refractivity contribution is 0.471. The predicted octanol–water partition coefficient (Wildman–Crippen LogP) is 2.02. The average Bonchev–Trinajstić information content (AvgIpc) is 1.69. The first kappa shape index (κ1) is 6.28. The van der Waals surface area contributed by atoms with Crippen LogP contribution >= 0.6 is 0 Å². The molecule has 0 aromatic carbocycles. The molecule has 0 amide bonds. The summed E-state index contributed by atoms with van der Waals surface area (Å²) in [6.07, 6.45) is 6.40. The van der Waals surface area contributed by atoms with Crippen molar-refractivity contribution in [3.8, 4) is 0 Å². The van der Waals surface area contributed by atoms with Crippen molar-refractivity contribution in [3.63, 3.8) is 0 Å². The monoisotopic (exact) mass is 98.1 g/mol. The van der Waals surface area contributed by atoms with Gasteiger partial charge in [-0.15, -0.1) is 6.58 Å². The molecule has 0 bridgehead atoms. The lowest BCUT2D eigenvalue weighted by Crippen LogP contribution is -1.60. The lowest BCUT2D eigenvalue weighted by Gasteiger charge is -1.78. The minimum Gasteiger partial charge on any atom is -0.516 e. The summed E-state index contributed by atoms with van der Waals surface area (Å²) in [5.74, 6) is 0. The topological polar surface area (TPSA) is 20.2 Å². The number of aliphatic hydroxyl groups excluding tert-OH is 1. The van der Waals surface area contributed by atoms with Crippen LogP contribution < -0.4 is 0 Å². The molecule has 40 valence electrons. The molecule has 1 N–H and O–H groups in total. The van der Waals surface area contributed by atoms with Gasteiger partial charge in [-0.05, 0) is 18.9 Å². The fourth-order valence-electron chi connectivity index (χ4n) is 0.289. The largest absolute Gasteiger partial charge is 0.516 e. The van der Waals surface area contributed by atoms with Crippen LogP contribution in [0, 0.1) is 0 Å². The van der Waals surface area contributed by atoms with Gasteiger partial charge in [-0.2, -0.15) is 0 Å². The highest BCUT2D eigenvalue weighted by molar-refractivity contribution is 4.77. The van der Waals surface area contributed by atoms with Crippen LogP contribution in [0.3, 0.4) is 0 Å². The minimum absolute atomic E-state index is 0.889. The Labute approximate surface area is 44.0 Å². The molecule has 0 aromatic heterocycles. The van der Waals surface area contributed by atoms with Crippen LogP contribution in [0.4, 0.5) is 0 Å². The Bertz CT molecular complexity index is 64.6. The van der Waals surface area contributed by atoms with E-state index >= 15 is 0 Å². The first-order chi connectivity index (χ1) is 3.41. The zero-order valence-corrected chi connectivity index (χ0v) is 4.30. The number of hydrogen-bond acceptors (Lipinski definition) is 1. The summed E-state index contributed by atoms with van der Waals surface area (Å²) >= 11 is 0. The van der Waals surface area contributed by atoms with Crippen molar-refractivity contribution in [1.29, 1.82) is 0 Å². The van der Waals surface area contributed by atoms with Gasteiger partial charge >= 0.3 is 0 Å². The van der Waals surface area contributed by atoms with Gasteiger partial charge in [0.2, 0.25) is 0 Å². The number of unbranched alkanes of at least 4 members (excludes halogenated alkanes) is 1. The Morgan fingerprint density at radius 1 is 1.43 bits per heavy atom. The lowest BCUT2D eigenvalue weighted by atomic mass is 10.3. The second-order valence-electron chi connectivity index (χ2n) is 1.25. The molecule has 0 aromatic rings. The third kappa shape index (κ3) is 5.28. The van der Waals surface area contributed by atoms with Crippen LogP contribution in [0.5, 0.6) is 0 Å². The second kappa shape index (κ2) is 5.28. The normalized spacial score (nSPS) is 9.71. The zero-order valence-electron chi connectivity index (χ0n) is 4.30. The van der Waals surface area contributed by atoms with Gasteiger partial charge in [-0.3, -0.25) is 0 Å². The van der Waals surface area contributed by atoms with E-state index in [-0.39, 0.29) is 0 Å². The molecule has 0 unspecified atom stereocenters. The quantitative estimate of drug-likeness (QED) is 0.325. The summed E-state index contributed by atoms with van der Waals surface area (Å²) in [4.78, 5) is 0. The maximum absolute atomic E-state index is 8.08. The molecule has 7 heavy (non-hydrogen) atoms. The van der Waals surface area contributed by atoms with E-state index in [0.717, 1.165) is 19.1 Å². The molecule has 0 spiro atoms. The SMILES string of the molecule is C=CCC/C=C/O. The summed E-state index contributed by atoms with van der Waals surface area (Å²) in [5, 5.41) is 8.08. The van der Waals surface area contributed by atoms with Crippen molar-refractivity contribution in [2.75, 3.05) is 0 Å². The van der Waals surface area contributed by atoms with E-state index in [4.69, 9.17) is 5.11 Å². The van der Waals surface area contributed by atoms with Gasteiger partial charge in [0, 0.05) is 0 Å². The summed E-state index contributed by atoms with van der Waals surface area (Å²) < 4.78 is 0. The summed E-state index contributed by atoms with van der Waals surface area (Å²) in [6.45, 7) is 3.52. The third-order valence-electron chi connectivity index (χ3n) is 0.643. The molecule has 0 aliphatic rings. The highest BCUT2D eigenvalue weighted by Crippen LogP contribution is 1.88. The third-order valence-corrected chi connectivity index (χ3v) is 0.643. The van der Waals surface area contributed by atoms with Crippen LogP contribution in [0.25, 0.3) is 0 Å². The van der Waals surface area contributed by atoms with E-state index in [1.165, 1.54) is 0 Å². The molecular weight excluding hydrogens is 88.1 g/mol. The Morgan fingerprint density at radius 2 is 2.14 bits per heavy atom.